The Morgan fingerprint density at radius 2 is 2.04 bits per heavy atom. The molecule has 7 heteroatoms. The number of ketones is 1. The SMILES string of the molecule is O=C(O)COCCCCN1C(=O)OCC[C@@H]1/C=C/C(=O)Cc1ccccc1. The van der Waals surface area contributed by atoms with Crippen molar-refractivity contribution in [2.24, 2.45) is 0 Å². The smallest absolute Gasteiger partial charge is 0.410 e. The van der Waals surface area contributed by atoms with Gasteiger partial charge < -0.3 is 19.5 Å². The Balaban J connectivity index is 1.80. The summed E-state index contributed by atoms with van der Waals surface area (Å²) in [7, 11) is 0. The van der Waals surface area contributed by atoms with Gasteiger partial charge in [-0.15, -0.1) is 0 Å². The number of benzene rings is 1. The van der Waals surface area contributed by atoms with Crippen molar-refractivity contribution in [3.63, 3.8) is 0 Å². The van der Waals surface area contributed by atoms with E-state index in [9.17, 15) is 14.4 Å². The fraction of sp³-hybridized carbons (Fsp3) is 0.450. The molecule has 0 aliphatic carbocycles. The van der Waals surface area contributed by atoms with Crippen LogP contribution in [0.15, 0.2) is 42.5 Å². The van der Waals surface area contributed by atoms with E-state index in [1.165, 1.54) is 0 Å². The van der Waals surface area contributed by atoms with Crippen LogP contribution in [-0.2, 0) is 25.5 Å². The van der Waals surface area contributed by atoms with Gasteiger partial charge in [-0.1, -0.05) is 36.4 Å². The molecule has 0 aromatic heterocycles. The lowest BCUT2D eigenvalue weighted by Crippen LogP contribution is -2.45. The maximum Gasteiger partial charge on any atom is 0.410 e. The number of carbonyl (C=O) groups excluding carboxylic acids is 2. The molecule has 0 bridgehead atoms. The number of nitrogens with zero attached hydrogens (tertiary/aromatic N) is 1. The third kappa shape index (κ3) is 7.62. The fourth-order valence-corrected chi connectivity index (χ4v) is 2.82. The molecule has 1 fully saturated rings. The van der Waals surface area contributed by atoms with Gasteiger partial charge >= 0.3 is 12.1 Å². The zero-order chi connectivity index (χ0) is 19.5. The van der Waals surface area contributed by atoms with Crippen LogP contribution < -0.4 is 0 Å². The molecule has 146 valence electrons. The molecule has 1 amide bonds. The largest absolute Gasteiger partial charge is 0.480 e. The molecule has 1 aliphatic heterocycles. The van der Waals surface area contributed by atoms with E-state index < -0.39 is 12.1 Å². The van der Waals surface area contributed by atoms with Crippen LogP contribution in [0.2, 0.25) is 0 Å². The summed E-state index contributed by atoms with van der Waals surface area (Å²) >= 11 is 0. The second kappa shape index (κ2) is 11.1. The predicted octanol–water partition coefficient (Wildman–Crippen LogP) is 2.45. The number of hydrogen-bond donors (Lipinski definition) is 1. The first-order chi connectivity index (χ1) is 13.1. The minimum Gasteiger partial charge on any atom is -0.480 e. The molecule has 1 aliphatic rings. The van der Waals surface area contributed by atoms with Gasteiger partial charge in [0.15, 0.2) is 5.78 Å². The number of hydrogen-bond acceptors (Lipinski definition) is 5. The lowest BCUT2D eigenvalue weighted by atomic mass is 10.1. The number of unbranched alkanes of at least 4 members (excludes halogenated alkanes) is 1. The van der Waals surface area contributed by atoms with Crippen LogP contribution >= 0.6 is 0 Å². The highest BCUT2D eigenvalue weighted by molar-refractivity contribution is 5.91. The van der Waals surface area contributed by atoms with Crippen molar-refractivity contribution in [2.45, 2.75) is 31.7 Å². The van der Waals surface area contributed by atoms with E-state index in [4.69, 9.17) is 14.6 Å². The van der Waals surface area contributed by atoms with Crippen LogP contribution in [0.4, 0.5) is 4.79 Å². The Morgan fingerprint density at radius 3 is 2.78 bits per heavy atom. The fourth-order valence-electron chi connectivity index (χ4n) is 2.82. The minimum atomic E-state index is -1.00. The summed E-state index contributed by atoms with van der Waals surface area (Å²) in [4.78, 5) is 36.2. The highest BCUT2D eigenvalue weighted by Gasteiger charge is 2.27. The molecule has 27 heavy (non-hydrogen) atoms. The Labute approximate surface area is 158 Å². The predicted molar refractivity (Wildman–Crippen MR) is 98.4 cm³/mol. The van der Waals surface area contributed by atoms with Crippen LogP contribution in [0.3, 0.4) is 0 Å². The molecule has 1 N–H and O–H groups in total. The average Bonchev–Trinajstić information content (AvgIpc) is 2.65. The molecule has 0 spiro atoms. The number of carbonyl (C=O) groups is 3. The zero-order valence-electron chi connectivity index (χ0n) is 15.2. The monoisotopic (exact) mass is 375 g/mol. The van der Waals surface area contributed by atoms with Crippen LogP contribution in [0.1, 0.15) is 24.8 Å². The van der Waals surface area contributed by atoms with Gasteiger partial charge in [0.2, 0.25) is 0 Å². The summed E-state index contributed by atoms with van der Waals surface area (Å²) in [5.41, 5.74) is 0.952. The van der Waals surface area contributed by atoms with E-state index in [-0.39, 0.29) is 18.4 Å². The van der Waals surface area contributed by atoms with E-state index in [0.29, 0.717) is 45.4 Å². The van der Waals surface area contributed by atoms with Gasteiger partial charge in [-0.05, 0) is 24.5 Å². The van der Waals surface area contributed by atoms with E-state index >= 15 is 0 Å². The number of carboxylic acid groups (broad SMARTS) is 1. The Bertz CT molecular complexity index is 658. The van der Waals surface area contributed by atoms with E-state index in [2.05, 4.69) is 0 Å². The quantitative estimate of drug-likeness (QED) is 0.472. The maximum absolute atomic E-state index is 12.1. The second-order valence-corrected chi connectivity index (χ2v) is 6.31. The van der Waals surface area contributed by atoms with Crippen LogP contribution in [0, 0.1) is 0 Å². The topological polar surface area (TPSA) is 93.1 Å². The minimum absolute atomic E-state index is 0.0119. The van der Waals surface area contributed by atoms with E-state index in [1.807, 2.05) is 30.3 Å². The molecule has 0 unspecified atom stereocenters. The first kappa shape index (κ1) is 20.6. The zero-order valence-corrected chi connectivity index (χ0v) is 15.2. The van der Waals surface area contributed by atoms with E-state index in [0.717, 1.165) is 5.56 Å². The Hall–Kier alpha value is -2.67. The summed E-state index contributed by atoms with van der Waals surface area (Å²) in [5, 5.41) is 8.51. The molecule has 1 atom stereocenters. The standard InChI is InChI=1S/C20H25NO6/c22-18(14-16-6-2-1-3-7-16)9-8-17-10-13-27-20(25)21(17)11-4-5-12-26-15-19(23)24/h1-3,6-9,17H,4-5,10-15H2,(H,23,24)/b9-8+/t17-/m0/s1. The van der Waals surface area contributed by atoms with E-state index in [1.54, 1.807) is 17.1 Å². The number of allylic oxidation sites excluding steroid dienone is 1. The van der Waals surface area contributed by atoms with Crippen molar-refractivity contribution in [3.05, 3.63) is 48.0 Å². The molecule has 2 rings (SSSR count). The van der Waals surface area contributed by atoms with Gasteiger partial charge in [0.05, 0.1) is 12.6 Å². The Kier molecular flexibility index (Phi) is 8.51. The third-order valence-corrected chi connectivity index (χ3v) is 4.16. The van der Waals surface area contributed by atoms with Crippen molar-refractivity contribution < 1.29 is 29.0 Å². The van der Waals surface area contributed by atoms with Crippen molar-refractivity contribution in [3.8, 4) is 0 Å². The lowest BCUT2D eigenvalue weighted by molar-refractivity contribution is -0.142. The normalized spacial score (nSPS) is 17.1. The molecule has 7 nitrogen and oxygen atoms in total. The van der Waals surface area contributed by atoms with Crippen molar-refractivity contribution in [1.29, 1.82) is 0 Å². The van der Waals surface area contributed by atoms with Crippen molar-refractivity contribution >= 4 is 17.8 Å². The van der Waals surface area contributed by atoms with Gasteiger partial charge in [0, 0.05) is 26.0 Å². The van der Waals surface area contributed by atoms with Crippen molar-refractivity contribution in [1.82, 2.24) is 4.90 Å². The number of aliphatic carboxylic acids is 1. The molecule has 1 heterocycles. The summed E-state index contributed by atoms with van der Waals surface area (Å²) in [6, 6.07) is 9.33. The highest BCUT2D eigenvalue weighted by atomic mass is 16.6. The molecule has 1 aromatic rings. The summed E-state index contributed by atoms with van der Waals surface area (Å²) in [6.07, 6.45) is 5.19. The highest BCUT2D eigenvalue weighted by Crippen LogP contribution is 2.16. The first-order valence-corrected chi connectivity index (χ1v) is 9.04. The number of rotatable bonds is 11. The first-order valence-electron chi connectivity index (χ1n) is 9.04. The third-order valence-electron chi connectivity index (χ3n) is 4.16. The van der Waals surface area contributed by atoms with Gasteiger partial charge in [0.25, 0.3) is 0 Å². The lowest BCUT2D eigenvalue weighted by Gasteiger charge is -2.33. The molecule has 0 radical (unpaired) electrons. The Morgan fingerprint density at radius 1 is 1.26 bits per heavy atom. The van der Waals surface area contributed by atoms with Crippen molar-refractivity contribution in [2.75, 3.05) is 26.4 Å². The maximum atomic E-state index is 12.1. The molecule has 1 saturated heterocycles. The van der Waals surface area contributed by atoms with Gasteiger partial charge in [0.1, 0.15) is 6.61 Å². The average molecular weight is 375 g/mol. The van der Waals surface area contributed by atoms with Crippen LogP contribution in [0.25, 0.3) is 0 Å². The number of amides is 1. The molecule has 1 aromatic carbocycles. The summed E-state index contributed by atoms with van der Waals surface area (Å²) < 4.78 is 10.1. The second-order valence-electron chi connectivity index (χ2n) is 6.31. The van der Waals surface area contributed by atoms with Gasteiger partial charge in [-0.25, -0.2) is 9.59 Å². The summed E-state index contributed by atoms with van der Waals surface area (Å²) in [5.74, 6) is -1.01. The number of cyclic esters (lactones) is 1. The molecular formula is C20H25NO6. The number of ether oxygens (including phenoxy) is 2. The van der Waals surface area contributed by atoms with Gasteiger partial charge in [-0.3, -0.25) is 4.79 Å². The van der Waals surface area contributed by atoms with Crippen LogP contribution in [-0.4, -0.2) is 60.3 Å². The number of carboxylic acids is 1. The molecular weight excluding hydrogens is 350 g/mol. The molecule has 0 saturated carbocycles. The van der Waals surface area contributed by atoms with Crippen LogP contribution in [0.5, 0.6) is 0 Å². The summed E-state index contributed by atoms with van der Waals surface area (Å²) in [6.45, 7) is 0.808. The van der Waals surface area contributed by atoms with Gasteiger partial charge in [-0.2, -0.15) is 0 Å².